The highest BCUT2D eigenvalue weighted by Gasteiger charge is 1.93. The topological polar surface area (TPSA) is 9.23 Å². The molecule has 1 aromatic carbocycles. The van der Waals surface area contributed by atoms with Crippen molar-refractivity contribution in [2.45, 2.75) is 19.8 Å². The average Bonchev–Trinajstić information content (AvgIpc) is 2.38. The van der Waals surface area contributed by atoms with Gasteiger partial charge in [0.25, 0.3) is 0 Å². The molecule has 17 heavy (non-hydrogen) atoms. The van der Waals surface area contributed by atoms with Gasteiger partial charge < -0.3 is 4.74 Å². The number of hydrogen-bond acceptors (Lipinski definition) is 1. The molecule has 0 fully saturated rings. The summed E-state index contributed by atoms with van der Waals surface area (Å²) >= 11 is 0. The van der Waals surface area contributed by atoms with Crippen molar-refractivity contribution >= 4 is 0 Å². The molecule has 0 saturated heterocycles. The highest BCUT2D eigenvalue weighted by molar-refractivity contribution is 5.28. The summed E-state index contributed by atoms with van der Waals surface area (Å²) in [6.45, 7) is 2.01. The Hall–Kier alpha value is -1.76. The number of hydrogen-bond donors (Lipinski definition) is 0. The Bertz CT molecular complexity index is 400. The van der Waals surface area contributed by atoms with Crippen LogP contribution in [0.25, 0.3) is 0 Å². The summed E-state index contributed by atoms with van der Waals surface area (Å²) in [5.74, 6) is 0.930. The van der Waals surface area contributed by atoms with Gasteiger partial charge in [-0.3, -0.25) is 0 Å². The molecular formula is C16H20O. The fourth-order valence-corrected chi connectivity index (χ4v) is 1.49. The minimum Gasteiger partial charge on any atom is -0.497 e. The van der Waals surface area contributed by atoms with Crippen molar-refractivity contribution in [2.24, 2.45) is 0 Å². The molecule has 0 N–H and O–H groups in total. The van der Waals surface area contributed by atoms with Gasteiger partial charge in [-0.2, -0.15) is 0 Å². The molecule has 0 amide bonds. The van der Waals surface area contributed by atoms with Gasteiger partial charge in [-0.15, -0.1) is 0 Å². The predicted octanol–water partition coefficient (Wildman–Crippen LogP) is 4.32. The van der Waals surface area contributed by atoms with E-state index in [1.165, 1.54) is 5.56 Å². The van der Waals surface area contributed by atoms with E-state index >= 15 is 0 Å². The van der Waals surface area contributed by atoms with Gasteiger partial charge in [-0.1, -0.05) is 48.6 Å². The highest BCUT2D eigenvalue weighted by atomic mass is 16.5. The fourth-order valence-electron chi connectivity index (χ4n) is 1.49. The molecule has 1 heteroatoms. The lowest BCUT2D eigenvalue weighted by atomic mass is 10.1. The molecule has 1 nitrogen and oxygen atoms in total. The minimum atomic E-state index is 0.930. The van der Waals surface area contributed by atoms with E-state index in [2.05, 4.69) is 24.3 Å². The first-order chi connectivity index (χ1) is 8.36. The highest BCUT2D eigenvalue weighted by Crippen LogP contribution is 2.13. The van der Waals surface area contributed by atoms with Crippen LogP contribution in [0.3, 0.4) is 0 Å². The molecule has 0 aromatic heterocycles. The van der Waals surface area contributed by atoms with Crippen molar-refractivity contribution in [3.63, 3.8) is 0 Å². The Morgan fingerprint density at radius 3 is 2.71 bits per heavy atom. The maximum Gasteiger partial charge on any atom is 0.119 e. The molecule has 0 saturated carbocycles. The van der Waals surface area contributed by atoms with E-state index in [0.717, 1.165) is 18.6 Å². The van der Waals surface area contributed by atoms with E-state index in [0.29, 0.717) is 0 Å². The van der Waals surface area contributed by atoms with Gasteiger partial charge in [0.1, 0.15) is 5.75 Å². The summed E-state index contributed by atoms with van der Waals surface area (Å²) in [6.07, 6.45) is 14.5. The van der Waals surface area contributed by atoms with E-state index in [4.69, 9.17) is 4.74 Å². The quantitative estimate of drug-likeness (QED) is 0.659. The number of aryl methyl sites for hydroxylation is 1. The van der Waals surface area contributed by atoms with Crippen LogP contribution in [0.1, 0.15) is 18.9 Å². The molecule has 0 spiro atoms. The summed E-state index contributed by atoms with van der Waals surface area (Å²) in [5, 5.41) is 0. The molecule has 0 heterocycles. The molecule has 90 valence electrons. The smallest absolute Gasteiger partial charge is 0.119 e. The second-order valence-corrected chi connectivity index (χ2v) is 3.73. The zero-order valence-electron chi connectivity index (χ0n) is 10.6. The number of rotatable bonds is 6. The standard InChI is InChI=1S/C16H20O/c1-3-4-5-6-7-8-9-11-15-12-10-13-16(14-15)17-2/h3-8,10,12-14H,9,11H2,1-2H3/b4-3+,6-5+,8-7+. The molecule has 0 bridgehead atoms. The van der Waals surface area contributed by atoms with Crippen molar-refractivity contribution in [3.8, 4) is 5.75 Å². The number of allylic oxidation sites excluding steroid dienone is 6. The fraction of sp³-hybridized carbons (Fsp3) is 0.250. The third-order valence-electron chi connectivity index (χ3n) is 2.40. The summed E-state index contributed by atoms with van der Waals surface area (Å²) in [4.78, 5) is 0. The Balaban J connectivity index is 2.35. The average molecular weight is 228 g/mol. The molecule has 0 aliphatic heterocycles. The van der Waals surface area contributed by atoms with Crippen molar-refractivity contribution in [1.29, 1.82) is 0 Å². The van der Waals surface area contributed by atoms with E-state index < -0.39 is 0 Å². The number of ether oxygens (including phenoxy) is 1. The van der Waals surface area contributed by atoms with Gasteiger partial charge in [-0.05, 0) is 37.5 Å². The van der Waals surface area contributed by atoms with E-state index in [-0.39, 0.29) is 0 Å². The van der Waals surface area contributed by atoms with Crippen LogP contribution in [0.5, 0.6) is 5.75 Å². The van der Waals surface area contributed by atoms with Crippen LogP contribution in [0.4, 0.5) is 0 Å². The van der Waals surface area contributed by atoms with Gasteiger partial charge >= 0.3 is 0 Å². The van der Waals surface area contributed by atoms with Gasteiger partial charge in [0, 0.05) is 0 Å². The summed E-state index contributed by atoms with van der Waals surface area (Å²) in [7, 11) is 1.70. The van der Waals surface area contributed by atoms with E-state index in [1.807, 2.05) is 43.4 Å². The molecule has 0 unspecified atom stereocenters. The van der Waals surface area contributed by atoms with Crippen molar-refractivity contribution in [1.82, 2.24) is 0 Å². The molecule has 0 aliphatic carbocycles. The molecular weight excluding hydrogens is 208 g/mol. The van der Waals surface area contributed by atoms with Gasteiger partial charge in [0.15, 0.2) is 0 Å². The lowest BCUT2D eigenvalue weighted by Crippen LogP contribution is -1.86. The number of benzene rings is 1. The molecule has 1 rings (SSSR count). The Labute approximate surface area is 104 Å². The Kier molecular flexibility index (Phi) is 6.57. The minimum absolute atomic E-state index is 0.930. The first-order valence-corrected chi connectivity index (χ1v) is 5.94. The van der Waals surface area contributed by atoms with Crippen LogP contribution in [0.15, 0.2) is 60.7 Å². The lowest BCUT2D eigenvalue weighted by Gasteiger charge is -2.02. The van der Waals surface area contributed by atoms with Crippen LogP contribution in [-0.4, -0.2) is 7.11 Å². The van der Waals surface area contributed by atoms with Crippen LogP contribution in [-0.2, 0) is 6.42 Å². The summed E-state index contributed by atoms with van der Waals surface area (Å²) in [6, 6.07) is 8.22. The van der Waals surface area contributed by atoms with Crippen LogP contribution in [0.2, 0.25) is 0 Å². The van der Waals surface area contributed by atoms with Gasteiger partial charge in [0.05, 0.1) is 7.11 Å². The summed E-state index contributed by atoms with van der Waals surface area (Å²) < 4.78 is 5.19. The van der Waals surface area contributed by atoms with E-state index in [9.17, 15) is 0 Å². The third kappa shape index (κ3) is 5.76. The number of methoxy groups -OCH3 is 1. The Morgan fingerprint density at radius 2 is 1.94 bits per heavy atom. The largest absolute Gasteiger partial charge is 0.497 e. The first kappa shape index (κ1) is 13.3. The third-order valence-corrected chi connectivity index (χ3v) is 2.40. The van der Waals surface area contributed by atoms with Gasteiger partial charge in [-0.25, -0.2) is 0 Å². The van der Waals surface area contributed by atoms with Crippen LogP contribution in [0, 0.1) is 0 Å². The molecule has 0 aliphatic rings. The SMILES string of the molecule is C/C=C/C=C/C=C/CCc1cccc(OC)c1. The molecule has 0 radical (unpaired) electrons. The van der Waals surface area contributed by atoms with Crippen molar-refractivity contribution in [3.05, 3.63) is 66.3 Å². The van der Waals surface area contributed by atoms with Crippen LogP contribution < -0.4 is 4.74 Å². The maximum atomic E-state index is 5.19. The van der Waals surface area contributed by atoms with Crippen molar-refractivity contribution in [2.75, 3.05) is 7.11 Å². The Morgan fingerprint density at radius 1 is 1.12 bits per heavy atom. The molecule has 0 atom stereocenters. The maximum absolute atomic E-state index is 5.19. The lowest BCUT2D eigenvalue weighted by molar-refractivity contribution is 0.414. The van der Waals surface area contributed by atoms with Crippen molar-refractivity contribution < 1.29 is 4.74 Å². The summed E-state index contributed by atoms with van der Waals surface area (Å²) in [5.41, 5.74) is 1.31. The van der Waals surface area contributed by atoms with Crippen LogP contribution >= 0.6 is 0 Å². The zero-order valence-corrected chi connectivity index (χ0v) is 10.6. The zero-order chi connectivity index (χ0) is 12.3. The van der Waals surface area contributed by atoms with E-state index in [1.54, 1.807) is 7.11 Å². The normalized spacial score (nSPS) is 11.9. The monoisotopic (exact) mass is 228 g/mol. The molecule has 1 aromatic rings. The second-order valence-electron chi connectivity index (χ2n) is 3.73. The first-order valence-electron chi connectivity index (χ1n) is 5.94. The second kappa shape index (κ2) is 8.40. The predicted molar refractivity (Wildman–Crippen MR) is 74.4 cm³/mol. The van der Waals surface area contributed by atoms with Gasteiger partial charge in [0.2, 0.25) is 0 Å².